The number of amides is 1. The predicted octanol–water partition coefficient (Wildman–Crippen LogP) is 2.23. The first kappa shape index (κ1) is 14.7. The zero-order valence-electron chi connectivity index (χ0n) is 10.9. The van der Waals surface area contributed by atoms with Crippen LogP contribution in [0.15, 0.2) is 12.1 Å². The Bertz CT molecular complexity index is 642. The zero-order valence-corrected chi connectivity index (χ0v) is 11.7. The van der Waals surface area contributed by atoms with E-state index in [9.17, 15) is 13.6 Å². The number of rotatable bonds is 5. The van der Waals surface area contributed by atoms with Crippen molar-refractivity contribution in [3.8, 4) is 0 Å². The van der Waals surface area contributed by atoms with Crippen LogP contribution in [0.4, 0.5) is 8.78 Å². The van der Waals surface area contributed by atoms with Crippen LogP contribution in [0.3, 0.4) is 0 Å². The minimum atomic E-state index is -0.951. The van der Waals surface area contributed by atoms with Crippen LogP contribution in [0.5, 0.6) is 0 Å². The molecule has 4 nitrogen and oxygen atoms in total. The van der Waals surface area contributed by atoms with Crippen molar-refractivity contribution in [2.24, 2.45) is 0 Å². The Hall–Kier alpha value is -1.69. The van der Waals surface area contributed by atoms with Gasteiger partial charge >= 0.3 is 0 Å². The summed E-state index contributed by atoms with van der Waals surface area (Å²) in [6.07, 6.45) is 0.582. The second kappa shape index (κ2) is 6.17. The van der Waals surface area contributed by atoms with Gasteiger partial charge in [0.2, 0.25) is 5.91 Å². The Balaban J connectivity index is 2.49. The summed E-state index contributed by atoms with van der Waals surface area (Å²) in [6.45, 7) is 0.225. The molecule has 2 rings (SSSR count). The van der Waals surface area contributed by atoms with Crippen molar-refractivity contribution in [1.29, 1.82) is 0 Å². The average Bonchev–Trinajstić information content (AvgIpc) is 2.79. The molecule has 0 radical (unpaired) electrons. The molecule has 1 heterocycles. The van der Waals surface area contributed by atoms with Gasteiger partial charge in [0, 0.05) is 32.3 Å². The van der Waals surface area contributed by atoms with Gasteiger partial charge in [-0.1, -0.05) is 0 Å². The summed E-state index contributed by atoms with van der Waals surface area (Å²) in [5.41, 5.74) is 0.440. The smallest absolute Gasteiger partial charge is 0.221 e. The maximum absolute atomic E-state index is 13.9. The maximum Gasteiger partial charge on any atom is 0.221 e. The Labute approximate surface area is 119 Å². The van der Waals surface area contributed by atoms with Gasteiger partial charge < -0.3 is 9.88 Å². The monoisotopic (exact) mass is 301 g/mol. The molecule has 20 heavy (non-hydrogen) atoms. The van der Waals surface area contributed by atoms with E-state index < -0.39 is 11.6 Å². The quantitative estimate of drug-likeness (QED) is 0.861. The van der Waals surface area contributed by atoms with Crippen LogP contribution >= 0.6 is 11.6 Å². The molecule has 1 amide bonds. The maximum atomic E-state index is 13.9. The number of aromatic nitrogens is 2. The van der Waals surface area contributed by atoms with E-state index in [0.717, 1.165) is 6.07 Å². The number of hydrogen-bond acceptors (Lipinski definition) is 2. The van der Waals surface area contributed by atoms with Crippen LogP contribution < -0.4 is 5.32 Å². The predicted molar refractivity (Wildman–Crippen MR) is 72.8 cm³/mol. The Morgan fingerprint density at radius 3 is 2.85 bits per heavy atom. The van der Waals surface area contributed by atoms with Gasteiger partial charge in [-0.25, -0.2) is 13.8 Å². The van der Waals surface area contributed by atoms with E-state index in [4.69, 9.17) is 11.6 Å². The van der Waals surface area contributed by atoms with E-state index >= 15 is 0 Å². The summed E-state index contributed by atoms with van der Waals surface area (Å²) in [5.74, 6) is -1.21. The van der Waals surface area contributed by atoms with E-state index in [2.05, 4.69) is 10.3 Å². The third kappa shape index (κ3) is 2.75. The second-order valence-corrected chi connectivity index (χ2v) is 4.65. The number of fused-ring (bicyclic) bond motifs is 1. The third-order valence-electron chi connectivity index (χ3n) is 3.04. The van der Waals surface area contributed by atoms with Crippen molar-refractivity contribution >= 4 is 28.5 Å². The molecule has 0 aliphatic rings. The minimum absolute atomic E-state index is 0.0778. The number of halogens is 3. The SMILES string of the molecule is CNC(=O)CCn1c(CCCl)nc2ccc(F)c(F)c21. The number of carbonyl (C=O) groups excluding carboxylic acids is 1. The van der Waals surface area contributed by atoms with Gasteiger partial charge in [0.15, 0.2) is 11.6 Å². The van der Waals surface area contributed by atoms with Crippen LogP contribution in [0.1, 0.15) is 12.2 Å². The van der Waals surface area contributed by atoms with Gasteiger partial charge in [-0.3, -0.25) is 4.79 Å². The number of aryl methyl sites for hydroxylation is 2. The first-order valence-corrected chi connectivity index (χ1v) is 6.71. The molecule has 7 heteroatoms. The molecule has 2 aromatic rings. The average molecular weight is 302 g/mol. The van der Waals surface area contributed by atoms with Crippen LogP contribution in [-0.4, -0.2) is 28.4 Å². The molecular weight excluding hydrogens is 288 g/mol. The molecule has 0 fully saturated rings. The van der Waals surface area contributed by atoms with Crippen LogP contribution in [0.25, 0.3) is 11.0 Å². The van der Waals surface area contributed by atoms with Crippen molar-refractivity contribution in [2.75, 3.05) is 12.9 Å². The summed E-state index contributed by atoms with van der Waals surface area (Å²) in [7, 11) is 1.52. The van der Waals surface area contributed by atoms with Crippen LogP contribution in [0, 0.1) is 11.6 Å². The van der Waals surface area contributed by atoms with Gasteiger partial charge in [0.1, 0.15) is 11.3 Å². The summed E-state index contributed by atoms with van der Waals surface area (Å²) in [5, 5.41) is 2.49. The first-order valence-electron chi connectivity index (χ1n) is 6.18. The lowest BCUT2D eigenvalue weighted by atomic mass is 10.3. The highest BCUT2D eigenvalue weighted by Crippen LogP contribution is 2.22. The molecule has 1 N–H and O–H groups in total. The fourth-order valence-electron chi connectivity index (χ4n) is 2.06. The number of nitrogens with zero attached hydrogens (tertiary/aromatic N) is 2. The zero-order chi connectivity index (χ0) is 14.7. The molecule has 0 aliphatic heterocycles. The van der Waals surface area contributed by atoms with E-state index in [-0.39, 0.29) is 24.4 Å². The first-order chi connectivity index (χ1) is 9.58. The third-order valence-corrected chi connectivity index (χ3v) is 3.23. The highest BCUT2D eigenvalue weighted by atomic mass is 35.5. The lowest BCUT2D eigenvalue weighted by Crippen LogP contribution is -2.20. The van der Waals surface area contributed by atoms with Crippen molar-refractivity contribution in [3.63, 3.8) is 0 Å². The summed E-state index contributed by atoms with van der Waals surface area (Å²) in [4.78, 5) is 15.6. The highest BCUT2D eigenvalue weighted by Gasteiger charge is 2.17. The number of carbonyl (C=O) groups is 1. The Kier molecular flexibility index (Phi) is 4.54. The Morgan fingerprint density at radius 1 is 1.45 bits per heavy atom. The molecule has 0 spiro atoms. The number of nitrogens with one attached hydrogen (secondary N) is 1. The summed E-state index contributed by atoms with van der Waals surface area (Å²) >= 11 is 5.70. The molecule has 1 aromatic carbocycles. The molecule has 0 saturated heterocycles. The molecule has 0 unspecified atom stereocenters. The summed E-state index contributed by atoms with van der Waals surface area (Å²) in [6, 6.07) is 2.46. The molecule has 1 aromatic heterocycles. The van der Waals surface area contributed by atoms with E-state index in [1.54, 1.807) is 0 Å². The minimum Gasteiger partial charge on any atom is -0.359 e. The Morgan fingerprint density at radius 2 is 2.20 bits per heavy atom. The molecular formula is C13H14ClF2N3O. The lowest BCUT2D eigenvalue weighted by Gasteiger charge is -2.08. The second-order valence-electron chi connectivity index (χ2n) is 4.27. The largest absolute Gasteiger partial charge is 0.359 e. The molecule has 108 valence electrons. The molecule has 0 aliphatic carbocycles. The number of imidazole rings is 1. The van der Waals surface area contributed by atoms with Gasteiger partial charge in [0.05, 0.1) is 5.52 Å². The topological polar surface area (TPSA) is 46.9 Å². The van der Waals surface area contributed by atoms with Crippen LogP contribution in [0.2, 0.25) is 0 Å². The fourth-order valence-corrected chi connectivity index (χ4v) is 2.23. The highest BCUT2D eigenvalue weighted by molar-refractivity contribution is 6.17. The molecule has 0 saturated carbocycles. The normalized spacial score (nSPS) is 11.0. The van der Waals surface area contributed by atoms with E-state index in [1.807, 2.05) is 0 Å². The van der Waals surface area contributed by atoms with E-state index in [1.165, 1.54) is 17.7 Å². The number of alkyl halides is 1. The van der Waals surface area contributed by atoms with Gasteiger partial charge in [-0.15, -0.1) is 11.6 Å². The molecule has 0 bridgehead atoms. The van der Waals surface area contributed by atoms with Gasteiger partial charge in [-0.2, -0.15) is 0 Å². The fraction of sp³-hybridized carbons (Fsp3) is 0.385. The van der Waals surface area contributed by atoms with E-state index in [0.29, 0.717) is 23.6 Å². The number of hydrogen-bond donors (Lipinski definition) is 1. The summed E-state index contributed by atoms with van der Waals surface area (Å²) < 4.78 is 28.8. The lowest BCUT2D eigenvalue weighted by molar-refractivity contribution is -0.120. The standard InChI is InChI=1S/C13H14ClF2N3O/c1-17-11(20)5-7-19-10(4-6-14)18-9-3-2-8(15)12(16)13(9)19/h2-3H,4-7H2,1H3,(H,17,20). The van der Waals surface area contributed by atoms with Crippen molar-refractivity contribution in [2.45, 2.75) is 19.4 Å². The van der Waals surface area contributed by atoms with Gasteiger partial charge in [0.25, 0.3) is 0 Å². The van der Waals surface area contributed by atoms with Crippen molar-refractivity contribution in [3.05, 3.63) is 29.6 Å². The molecule has 0 atom stereocenters. The van der Waals surface area contributed by atoms with Crippen molar-refractivity contribution in [1.82, 2.24) is 14.9 Å². The van der Waals surface area contributed by atoms with Crippen molar-refractivity contribution < 1.29 is 13.6 Å². The van der Waals surface area contributed by atoms with Gasteiger partial charge in [-0.05, 0) is 12.1 Å². The van der Waals surface area contributed by atoms with Crippen LogP contribution in [-0.2, 0) is 17.8 Å². The number of benzene rings is 1.